The zero-order valence-electron chi connectivity index (χ0n) is 13.3. The summed E-state index contributed by atoms with van der Waals surface area (Å²) >= 11 is 0. The average molecular weight is 299 g/mol. The molecule has 6 heteroatoms. The lowest BCUT2D eigenvalue weighted by molar-refractivity contribution is -0.142. The van der Waals surface area contributed by atoms with Crippen LogP contribution in [0.3, 0.4) is 0 Å². The number of carbonyl (C=O) groups is 1. The third-order valence-corrected chi connectivity index (χ3v) is 3.92. The van der Waals surface area contributed by atoms with Crippen molar-refractivity contribution in [2.45, 2.75) is 20.8 Å². The molecule has 1 amide bonds. The van der Waals surface area contributed by atoms with Crippen LogP contribution < -0.4 is 4.90 Å². The molecule has 0 radical (unpaired) electrons. The Morgan fingerprint density at radius 3 is 2.45 bits per heavy atom. The summed E-state index contributed by atoms with van der Waals surface area (Å²) in [6, 6.07) is 3.61. The van der Waals surface area contributed by atoms with Crippen molar-refractivity contribution in [1.29, 1.82) is 5.26 Å². The highest BCUT2D eigenvalue weighted by molar-refractivity contribution is 5.74. The van der Waals surface area contributed by atoms with Gasteiger partial charge in [-0.05, 0) is 19.9 Å². The lowest BCUT2D eigenvalue weighted by atomic mass is 9.73. The number of aromatic nitrogens is 2. The van der Waals surface area contributed by atoms with Gasteiger partial charge in [-0.25, -0.2) is 9.97 Å². The van der Waals surface area contributed by atoms with Gasteiger partial charge >= 0.3 is 0 Å². The molecule has 0 N–H and O–H groups in total. The first kappa shape index (κ1) is 16.0. The summed E-state index contributed by atoms with van der Waals surface area (Å²) in [5, 5.41) is 8.79. The van der Waals surface area contributed by atoms with E-state index < -0.39 is 0 Å². The second-order valence-electron chi connectivity index (χ2n) is 5.75. The Labute approximate surface area is 131 Å². The van der Waals surface area contributed by atoms with Crippen LogP contribution in [-0.4, -0.2) is 47.0 Å². The van der Waals surface area contributed by atoms with Crippen molar-refractivity contribution in [3.8, 4) is 6.07 Å². The van der Waals surface area contributed by atoms with Gasteiger partial charge in [-0.3, -0.25) is 4.79 Å². The van der Waals surface area contributed by atoms with Gasteiger partial charge in [-0.15, -0.1) is 0 Å². The SMILES string of the molecule is C/C=C\C.CC(=O)N1CC2(C1)CN(c1nccc(C#N)n1)C2. The minimum atomic E-state index is 0.141. The van der Waals surface area contributed by atoms with Crippen LogP contribution in [0.4, 0.5) is 5.95 Å². The van der Waals surface area contributed by atoms with Crippen LogP contribution in [-0.2, 0) is 4.79 Å². The molecular formula is C16H21N5O. The van der Waals surface area contributed by atoms with Crippen molar-refractivity contribution in [2.24, 2.45) is 5.41 Å². The molecule has 1 spiro atoms. The summed E-state index contributed by atoms with van der Waals surface area (Å²) < 4.78 is 0. The number of anilines is 1. The van der Waals surface area contributed by atoms with Crippen molar-refractivity contribution in [1.82, 2.24) is 14.9 Å². The normalized spacial score (nSPS) is 18.1. The minimum absolute atomic E-state index is 0.141. The van der Waals surface area contributed by atoms with Gasteiger partial charge < -0.3 is 9.80 Å². The van der Waals surface area contributed by atoms with Crippen LogP contribution >= 0.6 is 0 Å². The van der Waals surface area contributed by atoms with Gasteiger partial charge in [0, 0.05) is 44.7 Å². The average Bonchev–Trinajstić information content (AvgIpc) is 2.44. The van der Waals surface area contributed by atoms with E-state index in [0.717, 1.165) is 26.2 Å². The van der Waals surface area contributed by atoms with Gasteiger partial charge in [-0.1, -0.05) is 12.2 Å². The summed E-state index contributed by atoms with van der Waals surface area (Å²) in [7, 11) is 0. The number of likely N-dealkylation sites (tertiary alicyclic amines) is 1. The van der Waals surface area contributed by atoms with E-state index in [1.807, 2.05) is 37.0 Å². The number of amides is 1. The number of hydrogen-bond acceptors (Lipinski definition) is 5. The zero-order valence-corrected chi connectivity index (χ0v) is 13.3. The first-order chi connectivity index (χ1) is 10.5. The van der Waals surface area contributed by atoms with E-state index in [2.05, 4.69) is 14.9 Å². The number of hydrogen-bond donors (Lipinski definition) is 0. The maximum atomic E-state index is 11.1. The van der Waals surface area contributed by atoms with Crippen molar-refractivity contribution in [3.63, 3.8) is 0 Å². The summed E-state index contributed by atoms with van der Waals surface area (Å²) in [4.78, 5) is 23.4. The van der Waals surface area contributed by atoms with Gasteiger partial charge in [0.25, 0.3) is 0 Å². The Bertz CT molecular complexity index is 601. The molecule has 3 rings (SSSR count). The standard InChI is InChI=1S/C12H13N5O.C4H8/c1-9(18)16-5-12(6-16)7-17(8-12)11-14-3-2-10(4-13)15-11;1-3-4-2/h2-3H,5-8H2,1H3;3-4H,1-2H3/b;4-3-. The van der Waals surface area contributed by atoms with Gasteiger partial charge in [-0.2, -0.15) is 5.26 Å². The molecular weight excluding hydrogens is 278 g/mol. The predicted octanol–water partition coefficient (Wildman–Crippen LogP) is 1.60. The zero-order chi connectivity index (χ0) is 16.2. The topological polar surface area (TPSA) is 73.1 Å². The summed E-state index contributed by atoms with van der Waals surface area (Å²) in [6.07, 6.45) is 5.61. The van der Waals surface area contributed by atoms with Gasteiger partial charge in [0.05, 0.1) is 0 Å². The molecule has 1 aromatic heterocycles. The van der Waals surface area contributed by atoms with E-state index in [0.29, 0.717) is 11.6 Å². The molecule has 2 aliphatic heterocycles. The molecule has 0 aromatic carbocycles. The van der Waals surface area contributed by atoms with E-state index in [9.17, 15) is 4.79 Å². The van der Waals surface area contributed by atoms with Crippen LogP contribution in [0.25, 0.3) is 0 Å². The largest absolute Gasteiger partial charge is 0.341 e. The first-order valence-electron chi connectivity index (χ1n) is 7.34. The fraction of sp³-hybridized carbons (Fsp3) is 0.500. The van der Waals surface area contributed by atoms with E-state index in [1.54, 1.807) is 19.2 Å². The third kappa shape index (κ3) is 3.25. The summed E-state index contributed by atoms with van der Waals surface area (Å²) in [6.45, 7) is 8.99. The second-order valence-corrected chi connectivity index (χ2v) is 5.75. The van der Waals surface area contributed by atoms with Crippen molar-refractivity contribution < 1.29 is 4.79 Å². The lowest BCUT2D eigenvalue weighted by Crippen LogP contribution is -2.73. The van der Waals surface area contributed by atoms with E-state index in [1.165, 1.54) is 0 Å². The maximum absolute atomic E-state index is 11.1. The molecule has 0 saturated carbocycles. The molecule has 6 nitrogen and oxygen atoms in total. The number of allylic oxidation sites excluding steroid dienone is 2. The summed E-state index contributed by atoms with van der Waals surface area (Å²) in [5.74, 6) is 0.753. The quantitative estimate of drug-likeness (QED) is 0.736. The Morgan fingerprint density at radius 2 is 1.95 bits per heavy atom. The van der Waals surface area contributed by atoms with Crippen molar-refractivity contribution >= 4 is 11.9 Å². The van der Waals surface area contributed by atoms with Crippen LogP contribution in [0.2, 0.25) is 0 Å². The van der Waals surface area contributed by atoms with Crippen LogP contribution in [0.5, 0.6) is 0 Å². The molecule has 0 unspecified atom stereocenters. The molecule has 1 aromatic rings. The summed E-state index contributed by atoms with van der Waals surface area (Å²) in [5.41, 5.74) is 0.623. The fourth-order valence-corrected chi connectivity index (χ4v) is 2.65. The Morgan fingerprint density at radius 1 is 1.32 bits per heavy atom. The Hall–Kier alpha value is -2.42. The molecule has 0 aliphatic carbocycles. The maximum Gasteiger partial charge on any atom is 0.226 e. The lowest BCUT2D eigenvalue weighted by Gasteiger charge is -2.59. The van der Waals surface area contributed by atoms with E-state index in [-0.39, 0.29) is 11.3 Å². The molecule has 2 fully saturated rings. The van der Waals surface area contributed by atoms with Crippen molar-refractivity contribution in [2.75, 3.05) is 31.1 Å². The Balaban J connectivity index is 0.000000396. The molecule has 22 heavy (non-hydrogen) atoms. The number of nitriles is 1. The monoisotopic (exact) mass is 299 g/mol. The number of carbonyl (C=O) groups excluding carboxylic acids is 1. The van der Waals surface area contributed by atoms with E-state index >= 15 is 0 Å². The van der Waals surface area contributed by atoms with Crippen LogP contribution in [0, 0.1) is 16.7 Å². The second kappa shape index (κ2) is 6.56. The number of nitrogens with zero attached hydrogens (tertiary/aromatic N) is 5. The van der Waals surface area contributed by atoms with Gasteiger partial charge in [0.1, 0.15) is 11.8 Å². The molecule has 116 valence electrons. The molecule has 3 heterocycles. The van der Waals surface area contributed by atoms with Crippen LogP contribution in [0.15, 0.2) is 24.4 Å². The predicted molar refractivity (Wildman–Crippen MR) is 84.1 cm³/mol. The van der Waals surface area contributed by atoms with E-state index in [4.69, 9.17) is 5.26 Å². The molecule has 2 saturated heterocycles. The minimum Gasteiger partial charge on any atom is -0.341 e. The molecule has 0 bridgehead atoms. The van der Waals surface area contributed by atoms with Gasteiger partial charge in [0.15, 0.2) is 0 Å². The highest BCUT2D eigenvalue weighted by atomic mass is 16.2. The number of rotatable bonds is 1. The highest BCUT2D eigenvalue weighted by Crippen LogP contribution is 2.40. The van der Waals surface area contributed by atoms with Crippen LogP contribution in [0.1, 0.15) is 26.5 Å². The Kier molecular flexibility index (Phi) is 4.76. The van der Waals surface area contributed by atoms with Crippen molar-refractivity contribution in [3.05, 3.63) is 30.1 Å². The smallest absolute Gasteiger partial charge is 0.226 e. The fourth-order valence-electron chi connectivity index (χ4n) is 2.65. The van der Waals surface area contributed by atoms with Gasteiger partial charge in [0.2, 0.25) is 11.9 Å². The molecule has 2 aliphatic rings. The third-order valence-electron chi connectivity index (χ3n) is 3.92. The first-order valence-corrected chi connectivity index (χ1v) is 7.34. The molecule has 0 atom stereocenters. The highest BCUT2D eigenvalue weighted by Gasteiger charge is 2.53.